The molecule has 1 heterocycles. The molecule has 182 valence electrons. The molecule has 0 spiro atoms. The maximum atomic E-state index is 12.6. The Morgan fingerprint density at radius 1 is 1.11 bits per heavy atom. The second-order valence-corrected chi connectivity index (χ2v) is 8.90. The van der Waals surface area contributed by atoms with Crippen LogP contribution in [0.5, 0.6) is 23.0 Å². The smallest absolute Gasteiger partial charge is 0.311 e. The Bertz CT molecular complexity index is 1210. The molecule has 1 aliphatic rings. The minimum atomic E-state index is -0.920. The van der Waals surface area contributed by atoms with E-state index in [2.05, 4.69) is 5.32 Å². The van der Waals surface area contributed by atoms with E-state index in [1.165, 1.54) is 0 Å². The largest absolute Gasteiger partial charge is 0.497 e. The lowest BCUT2D eigenvalue weighted by atomic mass is 9.93. The predicted molar refractivity (Wildman–Crippen MR) is 132 cm³/mol. The van der Waals surface area contributed by atoms with Crippen molar-refractivity contribution < 1.29 is 28.9 Å². The van der Waals surface area contributed by atoms with Crippen molar-refractivity contribution in [3.05, 3.63) is 82.4 Å². The molecule has 0 bridgehead atoms. The van der Waals surface area contributed by atoms with Crippen LogP contribution in [0.2, 0.25) is 5.02 Å². The first-order valence-corrected chi connectivity index (χ1v) is 11.7. The standard InChI is InChI=1S/C26H23Cl2NO6/c1-33-17-6-2-15(3-7-17)12-24(28)29-25(30)16-4-8-18(9-5-16)35-23-14-22-20(13-21(23)27)19(26(31)32)10-11-34-22/h2-9,13-14,19,24H,10-12H2,1H3,(H,29,30)(H,31,32). The number of hydrogen-bond acceptors (Lipinski definition) is 5. The summed E-state index contributed by atoms with van der Waals surface area (Å²) < 4.78 is 16.6. The molecule has 3 aromatic carbocycles. The minimum absolute atomic E-state index is 0.269. The maximum absolute atomic E-state index is 12.6. The van der Waals surface area contributed by atoms with Gasteiger partial charge in [-0.25, -0.2) is 0 Å². The molecule has 35 heavy (non-hydrogen) atoms. The average molecular weight is 516 g/mol. The molecule has 0 saturated heterocycles. The Kier molecular flexibility index (Phi) is 7.68. The van der Waals surface area contributed by atoms with Crippen LogP contribution in [0, 0.1) is 0 Å². The Morgan fingerprint density at radius 2 is 1.80 bits per heavy atom. The van der Waals surface area contributed by atoms with Gasteiger partial charge in [0.25, 0.3) is 5.91 Å². The number of carbonyl (C=O) groups is 2. The van der Waals surface area contributed by atoms with Gasteiger partial charge in [-0.1, -0.05) is 35.3 Å². The fourth-order valence-electron chi connectivity index (χ4n) is 3.77. The lowest BCUT2D eigenvalue weighted by Crippen LogP contribution is -2.32. The molecule has 1 amide bonds. The van der Waals surface area contributed by atoms with Crippen LogP contribution >= 0.6 is 23.2 Å². The first kappa shape index (κ1) is 24.7. The Balaban J connectivity index is 1.39. The molecule has 4 rings (SSSR count). The zero-order valence-corrected chi connectivity index (χ0v) is 20.3. The number of alkyl halides is 1. The van der Waals surface area contributed by atoms with E-state index in [-0.39, 0.29) is 10.9 Å². The van der Waals surface area contributed by atoms with Crippen molar-refractivity contribution in [2.45, 2.75) is 24.3 Å². The lowest BCUT2D eigenvalue weighted by molar-refractivity contribution is -0.139. The summed E-state index contributed by atoms with van der Waals surface area (Å²) in [5.74, 6) is 0.0625. The molecule has 0 saturated carbocycles. The maximum Gasteiger partial charge on any atom is 0.311 e. The Hall–Kier alpha value is -3.42. The van der Waals surface area contributed by atoms with Gasteiger partial charge in [-0.2, -0.15) is 0 Å². The highest BCUT2D eigenvalue weighted by Gasteiger charge is 2.29. The van der Waals surface area contributed by atoms with Crippen LogP contribution in [-0.4, -0.2) is 36.2 Å². The summed E-state index contributed by atoms with van der Waals surface area (Å²) in [5.41, 5.74) is 1.33. The molecule has 2 N–H and O–H groups in total. The van der Waals surface area contributed by atoms with Gasteiger partial charge in [0.05, 0.1) is 24.7 Å². The lowest BCUT2D eigenvalue weighted by Gasteiger charge is -2.24. The molecule has 2 atom stereocenters. The van der Waals surface area contributed by atoms with Gasteiger partial charge in [0.2, 0.25) is 0 Å². The molecule has 9 heteroatoms. The minimum Gasteiger partial charge on any atom is -0.497 e. The van der Waals surface area contributed by atoms with E-state index >= 15 is 0 Å². The number of halogens is 2. The number of aliphatic carboxylic acids is 1. The van der Waals surface area contributed by atoms with Crippen molar-refractivity contribution in [2.24, 2.45) is 0 Å². The van der Waals surface area contributed by atoms with Crippen molar-refractivity contribution in [3.8, 4) is 23.0 Å². The third kappa shape index (κ3) is 5.99. The van der Waals surface area contributed by atoms with E-state index in [4.69, 9.17) is 37.4 Å². The van der Waals surface area contributed by atoms with Gasteiger partial charge in [-0.15, -0.1) is 0 Å². The third-order valence-corrected chi connectivity index (χ3v) is 6.17. The molecular weight excluding hydrogens is 493 g/mol. The van der Waals surface area contributed by atoms with Crippen molar-refractivity contribution in [1.82, 2.24) is 5.32 Å². The number of carbonyl (C=O) groups excluding carboxylic acids is 1. The fourth-order valence-corrected chi connectivity index (χ4v) is 4.26. The van der Waals surface area contributed by atoms with Gasteiger partial charge in [0, 0.05) is 23.6 Å². The average Bonchev–Trinajstić information content (AvgIpc) is 2.85. The van der Waals surface area contributed by atoms with Crippen LogP contribution in [-0.2, 0) is 11.2 Å². The topological polar surface area (TPSA) is 94.1 Å². The fraction of sp³-hybridized carbons (Fsp3) is 0.231. The summed E-state index contributed by atoms with van der Waals surface area (Å²) in [5, 5.41) is 12.5. The van der Waals surface area contributed by atoms with Gasteiger partial charge < -0.3 is 24.6 Å². The number of benzene rings is 3. The number of carboxylic acid groups (broad SMARTS) is 1. The van der Waals surface area contributed by atoms with Crippen molar-refractivity contribution in [2.75, 3.05) is 13.7 Å². The molecule has 3 aromatic rings. The van der Waals surface area contributed by atoms with E-state index in [9.17, 15) is 14.7 Å². The van der Waals surface area contributed by atoms with E-state index in [0.717, 1.165) is 11.3 Å². The van der Waals surface area contributed by atoms with Gasteiger partial charge in [0.15, 0.2) is 0 Å². The molecule has 1 aliphatic heterocycles. The molecule has 0 aromatic heterocycles. The van der Waals surface area contributed by atoms with Crippen LogP contribution < -0.4 is 19.5 Å². The molecule has 7 nitrogen and oxygen atoms in total. The first-order valence-electron chi connectivity index (χ1n) is 10.9. The highest BCUT2D eigenvalue weighted by Crippen LogP contribution is 2.41. The quantitative estimate of drug-likeness (QED) is 0.298. The van der Waals surface area contributed by atoms with Crippen LogP contribution in [0.1, 0.15) is 33.8 Å². The number of amides is 1. The zero-order valence-electron chi connectivity index (χ0n) is 18.8. The molecule has 0 radical (unpaired) electrons. The van der Waals surface area contributed by atoms with E-state index in [1.807, 2.05) is 24.3 Å². The summed E-state index contributed by atoms with van der Waals surface area (Å²) in [7, 11) is 1.60. The Morgan fingerprint density at radius 3 is 2.46 bits per heavy atom. The first-order chi connectivity index (χ1) is 16.8. The summed E-state index contributed by atoms with van der Waals surface area (Å²) in [6.07, 6.45) is 0.839. The SMILES string of the molecule is COc1ccc(CC(Cl)NC(=O)c2ccc(Oc3cc4c(cc3Cl)C(C(=O)O)CCO4)cc2)cc1. The number of nitrogens with one attached hydrogen (secondary N) is 1. The predicted octanol–water partition coefficient (Wildman–Crippen LogP) is 5.63. The summed E-state index contributed by atoms with van der Waals surface area (Å²) in [6.45, 7) is 0.300. The van der Waals surface area contributed by atoms with Gasteiger partial charge in [-0.05, 0) is 54.4 Å². The third-order valence-electron chi connectivity index (χ3n) is 5.61. The van der Waals surface area contributed by atoms with E-state index < -0.39 is 17.4 Å². The molecule has 0 fully saturated rings. The van der Waals surface area contributed by atoms with E-state index in [0.29, 0.717) is 47.8 Å². The van der Waals surface area contributed by atoms with Gasteiger partial charge >= 0.3 is 5.97 Å². The molecule has 2 unspecified atom stereocenters. The molecular formula is C26H23Cl2NO6. The van der Waals surface area contributed by atoms with Crippen molar-refractivity contribution in [1.29, 1.82) is 0 Å². The van der Waals surface area contributed by atoms with Crippen LogP contribution in [0.25, 0.3) is 0 Å². The normalized spacial score (nSPS) is 15.3. The van der Waals surface area contributed by atoms with Gasteiger partial charge in [-0.3, -0.25) is 9.59 Å². The number of rotatable bonds is 8. The van der Waals surface area contributed by atoms with Crippen molar-refractivity contribution in [3.63, 3.8) is 0 Å². The number of hydrogen-bond donors (Lipinski definition) is 2. The molecule has 0 aliphatic carbocycles. The zero-order chi connectivity index (χ0) is 24.9. The monoisotopic (exact) mass is 515 g/mol. The van der Waals surface area contributed by atoms with Gasteiger partial charge in [0.1, 0.15) is 28.5 Å². The summed E-state index contributed by atoms with van der Waals surface area (Å²) >= 11 is 12.7. The van der Waals surface area contributed by atoms with Crippen LogP contribution in [0.3, 0.4) is 0 Å². The highest BCUT2D eigenvalue weighted by atomic mass is 35.5. The second-order valence-electron chi connectivity index (χ2n) is 7.97. The Labute approximate surface area is 212 Å². The van der Waals surface area contributed by atoms with Crippen LogP contribution in [0.15, 0.2) is 60.7 Å². The second kappa shape index (κ2) is 10.9. The number of fused-ring (bicyclic) bond motifs is 1. The number of ether oxygens (including phenoxy) is 3. The number of methoxy groups -OCH3 is 1. The van der Waals surface area contributed by atoms with Crippen molar-refractivity contribution >= 4 is 35.1 Å². The highest BCUT2D eigenvalue weighted by molar-refractivity contribution is 6.32. The summed E-state index contributed by atoms with van der Waals surface area (Å²) in [6, 6.07) is 17.1. The van der Waals surface area contributed by atoms with Crippen LogP contribution in [0.4, 0.5) is 0 Å². The van der Waals surface area contributed by atoms with E-state index in [1.54, 1.807) is 43.5 Å². The number of carboxylic acids is 1. The summed E-state index contributed by atoms with van der Waals surface area (Å²) in [4.78, 5) is 24.1.